The van der Waals surface area contributed by atoms with E-state index in [9.17, 15) is 14.0 Å². The second-order valence-electron chi connectivity index (χ2n) is 7.60. The highest BCUT2D eigenvalue weighted by molar-refractivity contribution is 6.01. The van der Waals surface area contributed by atoms with Crippen LogP contribution in [0, 0.1) is 23.1 Å². The molecule has 7 heteroatoms. The van der Waals surface area contributed by atoms with Crippen LogP contribution in [0.4, 0.5) is 4.39 Å². The predicted octanol–water partition coefficient (Wildman–Crippen LogP) is 2.59. The summed E-state index contributed by atoms with van der Waals surface area (Å²) in [6, 6.07) is 3.77. The molecule has 0 bridgehead atoms. The third-order valence-corrected chi connectivity index (χ3v) is 6.07. The number of hydrogen-bond acceptors (Lipinski definition) is 4. The number of fused-ring (bicyclic) bond motifs is 2. The van der Waals surface area contributed by atoms with E-state index in [1.807, 2.05) is 0 Å². The van der Waals surface area contributed by atoms with Crippen LogP contribution in [0.25, 0.3) is 10.9 Å². The summed E-state index contributed by atoms with van der Waals surface area (Å²) >= 11 is 0. The summed E-state index contributed by atoms with van der Waals surface area (Å²) in [5.74, 6) is -0.362. The van der Waals surface area contributed by atoms with Gasteiger partial charge in [0, 0.05) is 17.8 Å². The van der Waals surface area contributed by atoms with Crippen molar-refractivity contribution in [3.63, 3.8) is 0 Å². The van der Waals surface area contributed by atoms with Crippen LogP contribution >= 0.6 is 0 Å². The minimum Gasteiger partial charge on any atom is -0.496 e. The molecule has 1 aliphatic carbocycles. The Morgan fingerprint density at radius 2 is 2.04 bits per heavy atom. The standard InChI is InChI=1S/C19H21FN2O4/c1-19(2)10-8-22(16(14(10)19)18(24)26-4)17(23)12-7-9-13(25-3)6-5-11(20)15(9)21-12/h5-7,10,14,16,21H,8H2,1-4H3/t10-,14-,16?/m0/s1. The maximum Gasteiger partial charge on any atom is 0.328 e. The van der Waals surface area contributed by atoms with E-state index in [2.05, 4.69) is 18.8 Å². The lowest BCUT2D eigenvalue weighted by molar-refractivity contribution is -0.146. The highest BCUT2D eigenvalue weighted by Gasteiger charge is 2.69. The van der Waals surface area contributed by atoms with E-state index >= 15 is 0 Å². The van der Waals surface area contributed by atoms with Crippen molar-refractivity contribution in [1.29, 1.82) is 0 Å². The monoisotopic (exact) mass is 360 g/mol. The lowest BCUT2D eigenvalue weighted by Gasteiger charge is -2.28. The molecule has 1 amide bonds. The molecule has 26 heavy (non-hydrogen) atoms. The van der Waals surface area contributed by atoms with E-state index in [4.69, 9.17) is 9.47 Å². The first kappa shape index (κ1) is 16.9. The largest absolute Gasteiger partial charge is 0.496 e. The van der Waals surface area contributed by atoms with Gasteiger partial charge in [-0.1, -0.05) is 13.8 Å². The number of carbonyl (C=O) groups excluding carboxylic acids is 2. The first-order chi connectivity index (χ1) is 12.3. The summed E-state index contributed by atoms with van der Waals surface area (Å²) in [4.78, 5) is 29.8. The van der Waals surface area contributed by atoms with Crippen LogP contribution in [0.15, 0.2) is 18.2 Å². The number of esters is 1. The zero-order valence-electron chi connectivity index (χ0n) is 15.1. The molecule has 2 fully saturated rings. The maximum atomic E-state index is 14.1. The van der Waals surface area contributed by atoms with E-state index in [1.165, 1.54) is 26.4 Å². The number of nitrogens with zero attached hydrogens (tertiary/aromatic N) is 1. The van der Waals surface area contributed by atoms with Crippen molar-refractivity contribution in [3.8, 4) is 5.75 Å². The normalized spacial score (nSPS) is 25.9. The molecular formula is C19H21FN2O4. The molecule has 1 aromatic carbocycles. The summed E-state index contributed by atoms with van der Waals surface area (Å²) in [5.41, 5.74) is 0.467. The van der Waals surface area contributed by atoms with Crippen molar-refractivity contribution in [1.82, 2.24) is 9.88 Å². The molecule has 1 N–H and O–H groups in total. The number of hydrogen-bond donors (Lipinski definition) is 1. The van der Waals surface area contributed by atoms with Gasteiger partial charge in [-0.3, -0.25) is 4.79 Å². The van der Waals surface area contributed by atoms with E-state index in [1.54, 1.807) is 11.0 Å². The van der Waals surface area contributed by atoms with Crippen LogP contribution in [0.3, 0.4) is 0 Å². The molecule has 1 aliphatic heterocycles. The SMILES string of the molecule is COC(=O)C1[C@@H]2[C@H](CN1C(=O)c1cc3c(OC)ccc(F)c3[nH]1)C2(C)C. The van der Waals surface area contributed by atoms with Crippen molar-refractivity contribution in [3.05, 3.63) is 29.7 Å². The maximum absolute atomic E-state index is 14.1. The van der Waals surface area contributed by atoms with Gasteiger partial charge in [0.1, 0.15) is 23.3 Å². The summed E-state index contributed by atoms with van der Waals surface area (Å²) in [6.45, 7) is 4.69. The number of H-pyrrole nitrogens is 1. The second-order valence-corrected chi connectivity index (χ2v) is 7.60. The van der Waals surface area contributed by atoms with Crippen molar-refractivity contribution >= 4 is 22.8 Å². The molecule has 4 rings (SSSR count). The Bertz CT molecular complexity index is 920. The van der Waals surface area contributed by atoms with Gasteiger partial charge in [0.05, 0.1) is 19.7 Å². The van der Waals surface area contributed by atoms with Crippen molar-refractivity contribution in [2.45, 2.75) is 19.9 Å². The fourth-order valence-electron chi connectivity index (χ4n) is 4.49. The van der Waals surface area contributed by atoms with Crippen molar-refractivity contribution in [2.24, 2.45) is 17.3 Å². The molecule has 2 aliphatic rings. The zero-order chi connectivity index (χ0) is 18.8. The molecule has 3 atom stereocenters. The third kappa shape index (κ3) is 2.15. The average molecular weight is 360 g/mol. The number of halogens is 1. The fourth-order valence-corrected chi connectivity index (χ4v) is 4.49. The second kappa shape index (κ2) is 5.46. The number of methoxy groups -OCH3 is 2. The number of carbonyl (C=O) groups is 2. The third-order valence-electron chi connectivity index (χ3n) is 6.07. The molecule has 2 aromatic rings. The molecule has 1 saturated carbocycles. The molecule has 6 nitrogen and oxygen atoms in total. The van der Waals surface area contributed by atoms with Crippen molar-refractivity contribution < 1.29 is 23.5 Å². The number of nitrogens with one attached hydrogen (secondary N) is 1. The minimum absolute atomic E-state index is 0.0193. The Morgan fingerprint density at radius 3 is 2.69 bits per heavy atom. The van der Waals surface area contributed by atoms with Gasteiger partial charge in [-0.15, -0.1) is 0 Å². The molecule has 1 unspecified atom stereocenters. The number of amides is 1. The van der Waals surface area contributed by atoms with Crippen LogP contribution in [-0.2, 0) is 9.53 Å². The zero-order valence-corrected chi connectivity index (χ0v) is 15.1. The lowest BCUT2D eigenvalue weighted by Crippen LogP contribution is -2.46. The number of rotatable bonds is 3. The Labute approximate surface area is 150 Å². The molecular weight excluding hydrogens is 339 g/mol. The molecule has 138 valence electrons. The number of aromatic nitrogens is 1. The lowest BCUT2D eigenvalue weighted by atomic mass is 10.0. The fraction of sp³-hybridized carbons (Fsp3) is 0.474. The Balaban J connectivity index is 1.71. The Hall–Kier alpha value is -2.57. The summed E-state index contributed by atoms with van der Waals surface area (Å²) < 4.78 is 24.3. The molecule has 1 aromatic heterocycles. The van der Waals surface area contributed by atoms with Crippen LogP contribution in [-0.4, -0.2) is 48.6 Å². The van der Waals surface area contributed by atoms with Gasteiger partial charge in [-0.25, -0.2) is 9.18 Å². The van der Waals surface area contributed by atoms with Crippen LogP contribution < -0.4 is 4.74 Å². The minimum atomic E-state index is -0.606. The number of benzene rings is 1. The van der Waals surface area contributed by atoms with Gasteiger partial charge in [-0.2, -0.15) is 0 Å². The Kier molecular flexibility index (Phi) is 3.54. The molecule has 2 heterocycles. The average Bonchev–Trinajstić information content (AvgIpc) is 3.05. The van der Waals surface area contributed by atoms with Crippen LogP contribution in [0.5, 0.6) is 5.75 Å². The van der Waals surface area contributed by atoms with Gasteiger partial charge < -0.3 is 19.4 Å². The first-order valence-electron chi connectivity index (χ1n) is 8.55. The van der Waals surface area contributed by atoms with Gasteiger partial charge in [0.2, 0.25) is 0 Å². The summed E-state index contributed by atoms with van der Waals surface area (Å²) in [5, 5.41) is 0.496. The quantitative estimate of drug-likeness (QED) is 0.854. The Morgan fingerprint density at radius 1 is 1.31 bits per heavy atom. The molecule has 0 radical (unpaired) electrons. The van der Waals surface area contributed by atoms with Crippen LogP contribution in [0.1, 0.15) is 24.3 Å². The molecule has 0 spiro atoms. The number of aromatic amines is 1. The number of ether oxygens (including phenoxy) is 2. The highest BCUT2D eigenvalue weighted by Crippen LogP contribution is 2.65. The topological polar surface area (TPSA) is 71.6 Å². The number of piperidine rings is 1. The first-order valence-corrected chi connectivity index (χ1v) is 8.55. The summed E-state index contributed by atoms with van der Waals surface area (Å²) in [7, 11) is 2.82. The van der Waals surface area contributed by atoms with E-state index < -0.39 is 17.8 Å². The molecule has 1 saturated heterocycles. The predicted molar refractivity (Wildman–Crippen MR) is 92.4 cm³/mol. The van der Waals surface area contributed by atoms with E-state index in [0.29, 0.717) is 17.7 Å². The summed E-state index contributed by atoms with van der Waals surface area (Å²) in [6.07, 6.45) is 0. The van der Waals surface area contributed by atoms with E-state index in [-0.39, 0.29) is 34.4 Å². The van der Waals surface area contributed by atoms with Gasteiger partial charge in [-0.05, 0) is 29.5 Å². The number of likely N-dealkylation sites (tertiary alicyclic amines) is 1. The van der Waals surface area contributed by atoms with Crippen molar-refractivity contribution in [2.75, 3.05) is 20.8 Å². The van der Waals surface area contributed by atoms with Gasteiger partial charge in [0.15, 0.2) is 0 Å². The van der Waals surface area contributed by atoms with Gasteiger partial charge >= 0.3 is 5.97 Å². The smallest absolute Gasteiger partial charge is 0.328 e. The van der Waals surface area contributed by atoms with Gasteiger partial charge in [0.25, 0.3) is 5.91 Å². The van der Waals surface area contributed by atoms with Crippen LogP contribution in [0.2, 0.25) is 0 Å². The highest BCUT2D eigenvalue weighted by atomic mass is 19.1. The van der Waals surface area contributed by atoms with E-state index in [0.717, 1.165) is 0 Å².